The van der Waals surface area contributed by atoms with Crippen LogP contribution in [0.5, 0.6) is 0 Å². The molecule has 2 N–H and O–H groups in total. The highest BCUT2D eigenvalue weighted by Gasteiger charge is 2.34. The van der Waals surface area contributed by atoms with Crippen LogP contribution < -0.4 is 10.6 Å². The summed E-state index contributed by atoms with van der Waals surface area (Å²) in [5.41, 5.74) is 1.27. The highest BCUT2D eigenvalue weighted by Crippen LogP contribution is 2.29. The summed E-state index contributed by atoms with van der Waals surface area (Å²) in [6, 6.07) is 12.1. The van der Waals surface area contributed by atoms with Gasteiger partial charge >= 0.3 is 0 Å². The Labute approximate surface area is 126 Å². The van der Waals surface area contributed by atoms with Gasteiger partial charge in [0.2, 0.25) is 0 Å². The number of nitrogens with zero attached hydrogens (tertiary/aromatic N) is 1. The largest absolute Gasteiger partial charge is 0.359 e. The normalized spacial score (nSPS) is 24.4. The van der Waals surface area contributed by atoms with E-state index in [1.54, 1.807) is 0 Å². The van der Waals surface area contributed by atoms with Gasteiger partial charge in [0.05, 0.1) is 6.04 Å². The van der Waals surface area contributed by atoms with Gasteiger partial charge in [0, 0.05) is 25.2 Å². The second kappa shape index (κ2) is 6.10. The molecule has 1 aliphatic heterocycles. The van der Waals surface area contributed by atoms with Crippen LogP contribution >= 0.6 is 12.2 Å². The Morgan fingerprint density at radius 3 is 2.70 bits per heavy atom. The quantitative estimate of drug-likeness (QED) is 0.833. The Morgan fingerprint density at radius 1 is 1.25 bits per heavy atom. The lowest BCUT2D eigenvalue weighted by molar-refractivity contribution is 0.321. The van der Waals surface area contributed by atoms with Crippen LogP contribution in [-0.4, -0.2) is 35.2 Å². The molecule has 0 radical (unpaired) electrons. The van der Waals surface area contributed by atoms with E-state index in [9.17, 15) is 0 Å². The molecule has 108 valence electrons. The lowest BCUT2D eigenvalue weighted by Gasteiger charge is -2.21. The van der Waals surface area contributed by atoms with Gasteiger partial charge in [0.15, 0.2) is 5.11 Å². The van der Waals surface area contributed by atoms with Gasteiger partial charge in [-0.15, -0.1) is 0 Å². The van der Waals surface area contributed by atoms with Crippen LogP contribution in [0.15, 0.2) is 30.3 Å². The molecule has 0 spiro atoms. The minimum absolute atomic E-state index is 0.247. The highest BCUT2D eigenvalue weighted by atomic mass is 32.1. The molecule has 20 heavy (non-hydrogen) atoms. The number of hydrogen-bond acceptors (Lipinski definition) is 2. The summed E-state index contributed by atoms with van der Waals surface area (Å²) in [7, 11) is 0. The summed E-state index contributed by atoms with van der Waals surface area (Å²) in [6.45, 7) is 4.51. The molecule has 0 bridgehead atoms. The second-order valence-corrected chi connectivity index (χ2v) is 6.37. The number of hydrogen-bond donors (Lipinski definition) is 2. The summed E-state index contributed by atoms with van der Waals surface area (Å²) in [5, 5.41) is 7.64. The average Bonchev–Trinajstić information content (AvgIpc) is 3.20. The molecule has 3 rings (SSSR count). The van der Waals surface area contributed by atoms with Crippen molar-refractivity contribution >= 4 is 17.3 Å². The Morgan fingerprint density at radius 2 is 2.00 bits per heavy atom. The number of rotatable bonds is 4. The van der Waals surface area contributed by atoms with Crippen LogP contribution in [-0.2, 0) is 0 Å². The maximum Gasteiger partial charge on any atom is 0.167 e. The minimum Gasteiger partial charge on any atom is -0.359 e. The van der Waals surface area contributed by atoms with Crippen molar-refractivity contribution in [3.05, 3.63) is 35.9 Å². The van der Waals surface area contributed by atoms with E-state index >= 15 is 0 Å². The lowest BCUT2D eigenvalue weighted by Crippen LogP contribution is -2.44. The fourth-order valence-electron chi connectivity index (χ4n) is 2.93. The fraction of sp³-hybridized carbons (Fsp3) is 0.562. The third-order valence-corrected chi connectivity index (χ3v) is 4.50. The van der Waals surface area contributed by atoms with E-state index < -0.39 is 0 Å². The summed E-state index contributed by atoms with van der Waals surface area (Å²) in [6.07, 6.45) is 3.99. The molecule has 1 saturated carbocycles. The maximum atomic E-state index is 5.45. The zero-order chi connectivity index (χ0) is 13.9. The molecule has 1 aromatic rings. The van der Waals surface area contributed by atoms with Gasteiger partial charge in [-0.1, -0.05) is 30.3 Å². The Balaban J connectivity index is 1.45. The van der Waals surface area contributed by atoms with Crippen molar-refractivity contribution in [2.75, 3.05) is 13.1 Å². The Kier molecular flexibility index (Phi) is 4.22. The van der Waals surface area contributed by atoms with E-state index in [0.29, 0.717) is 6.04 Å². The highest BCUT2D eigenvalue weighted by molar-refractivity contribution is 7.80. The van der Waals surface area contributed by atoms with Crippen molar-refractivity contribution in [1.82, 2.24) is 15.5 Å². The van der Waals surface area contributed by atoms with E-state index in [4.69, 9.17) is 12.2 Å². The average molecular weight is 289 g/mol. The third kappa shape index (κ3) is 3.49. The first-order valence-electron chi connectivity index (χ1n) is 7.58. The summed E-state index contributed by atoms with van der Waals surface area (Å²) < 4.78 is 0. The molecule has 4 heteroatoms. The smallest absolute Gasteiger partial charge is 0.167 e. The van der Waals surface area contributed by atoms with Gasteiger partial charge in [-0.05, 0) is 44.0 Å². The van der Waals surface area contributed by atoms with Crippen LogP contribution in [0.3, 0.4) is 0 Å². The first kappa shape index (κ1) is 13.8. The predicted octanol–water partition coefficient (Wildman–Crippen LogP) is 2.45. The van der Waals surface area contributed by atoms with Crippen LogP contribution in [0, 0.1) is 0 Å². The minimum atomic E-state index is 0.247. The van der Waals surface area contributed by atoms with Crippen LogP contribution in [0.2, 0.25) is 0 Å². The van der Waals surface area contributed by atoms with Crippen molar-refractivity contribution in [1.29, 1.82) is 0 Å². The van der Waals surface area contributed by atoms with Crippen molar-refractivity contribution < 1.29 is 0 Å². The van der Waals surface area contributed by atoms with E-state index in [1.165, 1.54) is 31.4 Å². The molecular formula is C16H23N3S. The number of benzene rings is 1. The topological polar surface area (TPSA) is 27.3 Å². The van der Waals surface area contributed by atoms with Crippen molar-refractivity contribution in [3.63, 3.8) is 0 Å². The Hall–Kier alpha value is -1.13. The fourth-order valence-corrected chi connectivity index (χ4v) is 3.27. The summed E-state index contributed by atoms with van der Waals surface area (Å²) in [4.78, 5) is 2.60. The molecule has 0 unspecified atom stereocenters. The van der Waals surface area contributed by atoms with Crippen molar-refractivity contribution in [3.8, 4) is 0 Å². The van der Waals surface area contributed by atoms with Crippen molar-refractivity contribution in [2.24, 2.45) is 0 Å². The Bertz CT molecular complexity index is 458. The van der Waals surface area contributed by atoms with Gasteiger partial charge in [0.1, 0.15) is 0 Å². The molecule has 3 nitrogen and oxygen atoms in total. The lowest BCUT2D eigenvalue weighted by atomic mass is 10.1. The van der Waals surface area contributed by atoms with E-state index in [1.807, 2.05) is 6.07 Å². The maximum absolute atomic E-state index is 5.45. The zero-order valence-corrected chi connectivity index (χ0v) is 12.8. The first-order chi connectivity index (χ1) is 9.72. The molecule has 1 saturated heterocycles. The van der Waals surface area contributed by atoms with Crippen LogP contribution in [0.4, 0.5) is 0 Å². The van der Waals surface area contributed by atoms with E-state index in [2.05, 4.69) is 46.7 Å². The molecule has 2 fully saturated rings. The van der Waals surface area contributed by atoms with E-state index in [0.717, 1.165) is 17.7 Å². The van der Waals surface area contributed by atoms with Gasteiger partial charge in [-0.3, -0.25) is 4.90 Å². The molecule has 1 aliphatic carbocycles. The monoisotopic (exact) mass is 289 g/mol. The molecule has 2 aliphatic rings. The summed E-state index contributed by atoms with van der Waals surface area (Å²) >= 11 is 5.45. The van der Waals surface area contributed by atoms with Crippen LogP contribution in [0.25, 0.3) is 0 Å². The summed E-state index contributed by atoms with van der Waals surface area (Å²) in [5.74, 6) is 0. The second-order valence-electron chi connectivity index (χ2n) is 5.96. The molecule has 0 amide bonds. The molecule has 0 aromatic heterocycles. The molecule has 1 heterocycles. The SMILES string of the molecule is C[C@@H](NC(=S)N[C@H]1CCN(C2CC2)C1)c1ccccc1. The molecule has 2 atom stereocenters. The number of nitrogens with one attached hydrogen (secondary N) is 2. The van der Waals surface area contributed by atoms with Gasteiger partial charge in [-0.2, -0.15) is 0 Å². The molecule has 1 aromatic carbocycles. The zero-order valence-electron chi connectivity index (χ0n) is 12.0. The van der Waals surface area contributed by atoms with Crippen LogP contribution in [0.1, 0.15) is 37.8 Å². The van der Waals surface area contributed by atoms with Crippen molar-refractivity contribution in [2.45, 2.75) is 44.3 Å². The predicted molar refractivity (Wildman–Crippen MR) is 86.7 cm³/mol. The molecular weight excluding hydrogens is 266 g/mol. The van der Waals surface area contributed by atoms with Gasteiger partial charge in [-0.25, -0.2) is 0 Å². The van der Waals surface area contributed by atoms with Gasteiger partial charge < -0.3 is 10.6 Å². The van der Waals surface area contributed by atoms with E-state index in [-0.39, 0.29) is 6.04 Å². The number of thiocarbonyl (C=S) groups is 1. The standard InChI is InChI=1S/C16H23N3S/c1-12(13-5-3-2-4-6-13)17-16(20)18-14-9-10-19(11-14)15-7-8-15/h2-6,12,14-15H,7-11H2,1H3,(H2,17,18,20)/t12-,14+/m1/s1. The number of likely N-dealkylation sites (tertiary alicyclic amines) is 1. The third-order valence-electron chi connectivity index (χ3n) is 4.27. The first-order valence-corrected chi connectivity index (χ1v) is 7.99. The van der Waals surface area contributed by atoms with Gasteiger partial charge in [0.25, 0.3) is 0 Å².